The van der Waals surface area contributed by atoms with E-state index in [4.69, 9.17) is 0 Å². The Morgan fingerprint density at radius 2 is 1.78 bits per heavy atom. The quantitative estimate of drug-likeness (QED) is 0.635. The number of hydrogen-bond acceptors (Lipinski definition) is 4. The van der Waals surface area contributed by atoms with E-state index >= 15 is 0 Å². The van der Waals surface area contributed by atoms with Crippen LogP contribution in [0, 0.1) is 13.8 Å². The predicted molar refractivity (Wildman–Crippen MR) is 98.7 cm³/mol. The van der Waals surface area contributed by atoms with Gasteiger partial charge in [-0.05, 0) is 50.3 Å². The minimum atomic E-state index is -0.916. The molecule has 2 aliphatic rings. The van der Waals surface area contributed by atoms with E-state index in [1.807, 2.05) is 39.0 Å². The monoisotopic (exact) mass is 371 g/mol. The Balaban J connectivity index is 1.64. The molecule has 3 rings (SSSR count). The maximum absolute atomic E-state index is 12.5. The summed E-state index contributed by atoms with van der Waals surface area (Å²) in [6, 6.07) is 4.75. The van der Waals surface area contributed by atoms with Crippen LogP contribution < -0.4 is 5.32 Å². The number of amides is 5. The second-order valence-corrected chi connectivity index (χ2v) is 7.42. The van der Waals surface area contributed by atoms with Crippen molar-refractivity contribution in [3.05, 3.63) is 34.9 Å². The second kappa shape index (κ2) is 7.50. The average molecular weight is 371 g/mol. The number of hydrogen-bond donors (Lipinski definition) is 1. The number of urea groups is 1. The highest BCUT2D eigenvalue weighted by molar-refractivity contribution is 6.45. The highest BCUT2D eigenvalue weighted by Gasteiger charge is 2.48. The fourth-order valence-electron chi connectivity index (χ4n) is 3.69. The number of aryl methyl sites for hydroxylation is 2. The van der Waals surface area contributed by atoms with E-state index in [1.165, 1.54) is 0 Å². The Kier molecular flexibility index (Phi) is 5.30. The highest BCUT2D eigenvalue weighted by Crippen LogP contribution is 2.27. The van der Waals surface area contributed by atoms with Gasteiger partial charge in [0.25, 0.3) is 0 Å². The van der Waals surface area contributed by atoms with Crippen molar-refractivity contribution in [1.29, 1.82) is 0 Å². The van der Waals surface area contributed by atoms with E-state index in [2.05, 4.69) is 5.32 Å². The van der Waals surface area contributed by atoms with E-state index in [0.29, 0.717) is 12.8 Å². The van der Waals surface area contributed by atoms with Gasteiger partial charge in [0.15, 0.2) is 0 Å². The fourth-order valence-corrected chi connectivity index (χ4v) is 3.69. The van der Waals surface area contributed by atoms with E-state index in [9.17, 15) is 19.2 Å². The van der Waals surface area contributed by atoms with Gasteiger partial charge in [-0.2, -0.15) is 0 Å². The van der Waals surface area contributed by atoms with Crippen molar-refractivity contribution < 1.29 is 19.2 Å². The minimum Gasteiger partial charge on any atom is -0.348 e. The van der Waals surface area contributed by atoms with Gasteiger partial charge in [-0.15, -0.1) is 0 Å². The molecular formula is C20H25N3O4. The lowest BCUT2D eigenvalue weighted by Crippen LogP contribution is -2.43. The first-order chi connectivity index (χ1) is 12.8. The third kappa shape index (κ3) is 3.72. The molecule has 1 saturated heterocycles. The van der Waals surface area contributed by atoms with Crippen molar-refractivity contribution >= 4 is 23.8 Å². The first-order valence-electron chi connectivity index (χ1n) is 9.35. The third-order valence-electron chi connectivity index (χ3n) is 5.48. The maximum atomic E-state index is 12.5. The van der Waals surface area contributed by atoms with Crippen molar-refractivity contribution in [2.45, 2.75) is 58.5 Å². The van der Waals surface area contributed by atoms with Crippen LogP contribution in [0.3, 0.4) is 0 Å². The molecule has 0 aromatic heterocycles. The van der Waals surface area contributed by atoms with Gasteiger partial charge in [-0.3, -0.25) is 19.3 Å². The van der Waals surface area contributed by atoms with Crippen molar-refractivity contribution in [1.82, 2.24) is 15.1 Å². The fraction of sp³-hybridized carbons (Fsp3) is 0.500. The number of carbonyl (C=O) groups excluding carboxylic acids is 4. The van der Waals surface area contributed by atoms with Crippen LogP contribution in [-0.4, -0.2) is 46.1 Å². The smallest absolute Gasteiger partial charge is 0.334 e. The van der Waals surface area contributed by atoms with Gasteiger partial charge >= 0.3 is 17.8 Å². The van der Waals surface area contributed by atoms with E-state index in [0.717, 1.165) is 39.3 Å². The molecule has 144 valence electrons. The number of nitrogens with zero attached hydrogens (tertiary/aromatic N) is 2. The first-order valence-corrected chi connectivity index (χ1v) is 9.35. The lowest BCUT2D eigenvalue weighted by Gasteiger charge is -2.21. The number of benzene rings is 1. The summed E-state index contributed by atoms with van der Waals surface area (Å²) in [4.78, 5) is 51.1. The zero-order chi connectivity index (χ0) is 19.7. The molecule has 1 aromatic carbocycles. The SMILES string of the molecule is Cc1ccc([C@H](C)NC(=O)CN2C(=O)C(=O)N(C3CCCC3)C2=O)cc1C. The molecule has 1 N–H and O–H groups in total. The molecule has 0 spiro atoms. The molecule has 1 aliphatic carbocycles. The van der Waals surface area contributed by atoms with Gasteiger partial charge in [0.05, 0.1) is 6.04 Å². The summed E-state index contributed by atoms with van der Waals surface area (Å²) in [5.74, 6) is -2.20. The molecule has 27 heavy (non-hydrogen) atoms. The summed E-state index contributed by atoms with van der Waals surface area (Å²) in [5, 5.41) is 2.80. The second-order valence-electron chi connectivity index (χ2n) is 7.42. The summed E-state index contributed by atoms with van der Waals surface area (Å²) in [6.07, 6.45) is 3.30. The highest BCUT2D eigenvalue weighted by atomic mass is 16.2. The van der Waals surface area contributed by atoms with Crippen LogP contribution >= 0.6 is 0 Å². The predicted octanol–water partition coefficient (Wildman–Crippen LogP) is 2.21. The molecule has 1 heterocycles. The Bertz CT molecular complexity index is 798. The average Bonchev–Trinajstić information content (AvgIpc) is 3.21. The van der Waals surface area contributed by atoms with Crippen LogP contribution in [0.25, 0.3) is 0 Å². The molecule has 0 unspecified atom stereocenters. The summed E-state index contributed by atoms with van der Waals surface area (Å²) in [6.45, 7) is 5.41. The zero-order valence-electron chi connectivity index (χ0n) is 15.9. The molecule has 2 fully saturated rings. The van der Waals surface area contributed by atoms with Gasteiger partial charge in [0.1, 0.15) is 6.54 Å². The number of carbonyl (C=O) groups is 4. The number of imide groups is 2. The van der Waals surface area contributed by atoms with Gasteiger partial charge in [0, 0.05) is 6.04 Å². The summed E-state index contributed by atoms with van der Waals surface area (Å²) < 4.78 is 0. The molecule has 5 amide bonds. The van der Waals surface area contributed by atoms with Gasteiger partial charge in [-0.25, -0.2) is 9.69 Å². The normalized spacial score (nSPS) is 19.1. The van der Waals surface area contributed by atoms with E-state index < -0.39 is 30.3 Å². The van der Waals surface area contributed by atoms with Gasteiger partial charge in [0.2, 0.25) is 5.91 Å². The zero-order valence-corrected chi connectivity index (χ0v) is 15.9. The Morgan fingerprint density at radius 3 is 2.41 bits per heavy atom. The molecular weight excluding hydrogens is 346 g/mol. The Hall–Kier alpha value is -2.70. The minimum absolute atomic E-state index is 0.225. The summed E-state index contributed by atoms with van der Waals surface area (Å²) in [7, 11) is 0. The van der Waals surface area contributed by atoms with Crippen LogP contribution in [0.2, 0.25) is 0 Å². The Morgan fingerprint density at radius 1 is 1.11 bits per heavy atom. The van der Waals surface area contributed by atoms with Crippen molar-refractivity contribution in [3.63, 3.8) is 0 Å². The van der Waals surface area contributed by atoms with Crippen LogP contribution in [0.1, 0.15) is 55.3 Å². The van der Waals surface area contributed by atoms with Gasteiger partial charge < -0.3 is 5.32 Å². The van der Waals surface area contributed by atoms with Crippen LogP contribution in [0.4, 0.5) is 4.79 Å². The molecule has 0 radical (unpaired) electrons. The largest absolute Gasteiger partial charge is 0.348 e. The van der Waals surface area contributed by atoms with Crippen molar-refractivity contribution in [2.24, 2.45) is 0 Å². The molecule has 0 bridgehead atoms. The lowest BCUT2D eigenvalue weighted by molar-refractivity contribution is -0.144. The van der Waals surface area contributed by atoms with Crippen molar-refractivity contribution in [2.75, 3.05) is 6.54 Å². The van der Waals surface area contributed by atoms with Crippen molar-refractivity contribution in [3.8, 4) is 0 Å². The number of nitrogens with one attached hydrogen (secondary N) is 1. The topological polar surface area (TPSA) is 86.8 Å². The summed E-state index contributed by atoms with van der Waals surface area (Å²) in [5.41, 5.74) is 3.22. The number of rotatable bonds is 5. The van der Waals surface area contributed by atoms with E-state index in [-0.39, 0.29) is 12.1 Å². The standard InChI is InChI=1S/C20H25N3O4/c1-12-8-9-15(10-13(12)2)14(3)21-17(24)11-22-18(25)19(26)23(20(22)27)16-6-4-5-7-16/h8-10,14,16H,4-7,11H2,1-3H3,(H,21,24)/t14-/m0/s1. The molecule has 7 nitrogen and oxygen atoms in total. The van der Waals surface area contributed by atoms with E-state index in [1.54, 1.807) is 0 Å². The molecule has 1 aromatic rings. The lowest BCUT2D eigenvalue weighted by atomic mass is 10.0. The molecule has 1 atom stereocenters. The third-order valence-corrected chi connectivity index (χ3v) is 5.48. The van der Waals surface area contributed by atoms with Gasteiger partial charge in [-0.1, -0.05) is 31.0 Å². The Labute approximate surface area is 158 Å². The van der Waals surface area contributed by atoms with Crippen LogP contribution in [-0.2, 0) is 14.4 Å². The van der Waals surface area contributed by atoms with Crippen LogP contribution in [0.15, 0.2) is 18.2 Å². The molecule has 7 heteroatoms. The maximum Gasteiger partial charge on any atom is 0.334 e. The molecule has 1 aliphatic heterocycles. The van der Waals surface area contributed by atoms with Crippen LogP contribution in [0.5, 0.6) is 0 Å². The summed E-state index contributed by atoms with van der Waals surface area (Å²) >= 11 is 0. The first kappa shape index (κ1) is 19.1. The molecule has 1 saturated carbocycles.